The lowest BCUT2D eigenvalue weighted by Gasteiger charge is -2.10. The van der Waals surface area contributed by atoms with Gasteiger partial charge in [-0.1, -0.05) is 31.7 Å². The fourth-order valence-corrected chi connectivity index (χ4v) is 1.99. The number of allylic oxidation sites excluding steroid dienone is 4. The number of pyridine rings is 1. The van der Waals surface area contributed by atoms with E-state index in [1.807, 2.05) is 39.8 Å². The summed E-state index contributed by atoms with van der Waals surface area (Å²) in [4.78, 5) is 13.2. The number of aromatic nitrogens is 1. The Kier molecular flexibility index (Phi) is 7.17. The quantitative estimate of drug-likeness (QED) is 0.431. The van der Waals surface area contributed by atoms with Gasteiger partial charge < -0.3 is 0 Å². The molecule has 0 fully saturated rings. The van der Waals surface area contributed by atoms with Gasteiger partial charge in [0.05, 0.1) is 0 Å². The monoisotopic (exact) mass is 295 g/mol. The largest absolute Gasteiger partial charge is 0.258 e. The molecule has 22 heavy (non-hydrogen) atoms. The van der Waals surface area contributed by atoms with Crippen molar-refractivity contribution in [3.63, 3.8) is 0 Å². The molecule has 0 bridgehead atoms. The highest BCUT2D eigenvalue weighted by molar-refractivity contribution is 6.04. The van der Waals surface area contributed by atoms with Crippen molar-refractivity contribution in [2.45, 2.75) is 41.0 Å². The van der Waals surface area contributed by atoms with Crippen LogP contribution in [0.2, 0.25) is 0 Å². The molecular formula is C19H25N3. The van der Waals surface area contributed by atoms with Gasteiger partial charge in [-0.15, -0.1) is 0 Å². The van der Waals surface area contributed by atoms with Crippen molar-refractivity contribution in [2.75, 3.05) is 0 Å². The van der Waals surface area contributed by atoms with Crippen LogP contribution in [0.4, 0.5) is 0 Å². The minimum atomic E-state index is 0.710. The maximum Gasteiger partial charge on any atom is 0.125 e. The van der Waals surface area contributed by atoms with Crippen molar-refractivity contribution in [3.8, 4) is 0 Å². The number of rotatable bonds is 5. The van der Waals surface area contributed by atoms with E-state index in [9.17, 15) is 0 Å². The summed E-state index contributed by atoms with van der Waals surface area (Å²) in [6.07, 6.45) is 8.35. The van der Waals surface area contributed by atoms with Crippen LogP contribution in [0, 0.1) is 6.92 Å². The smallest absolute Gasteiger partial charge is 0.125 e. The Labute approximate surface area is 133 Å². The zero-order chi connectivity index (χ0) is 16.5. The summed E-state index contributed by atoms with van der Waals surface area (Å²) in [5, 5.41) is 0. The van der Waals surface area contributed by atoms with Crippen LogP contribution in [-0.4, -0.2) is 17.0 Å². The van der Waals surface area contributed by atoms with E-state index in [-0.39, 0.29) is 0 Å². The Hall–Kier alpha value is -2.29. The minimum Gasteiger partial charge on any atom is -0.258 e. The van der Waals surface area contributed by atoms with Gasteiger partial charge in [-0.25, -0.2) is 9.98 Å². The number of amidine groups is 1. The van der Waals surface area contributed by atoms with E-state index in [1.54, 1.807) is 12.4 Å². The second-order valence-electron chi connectivity index (χ2n) is 4.93. The molecule has 1 heterocycles. The molecule has 0 saturated carbocycles. The summed E-state index contributed by atoms with van der Waals surface area (Å²) in [5.41, 5.74) is 5.05. The van der Waals surface area contributed by atoms with Gasteiger partial charge in [0.25, 0.3) is 0 Å². The van der Waals surface area contributed by atoms with E-state index in [4.69, 9.17) is 0 Å². The number of aliphatic imine (C=N–C) groups is 2. The predicted molar refractivity (Wildman–Crippen MR) is 97.6 cm³/mol. The molecule has 0 aliphatic heterocycles. The van der Waals surface area contributed by atoms with Crippen molar-refractivity contribution in [1.82, 2.24) is 4.98 Å². The lowest BCUT2D eigenvalue weighted by molar-refractivity contribution is 1.00. The van der Waals surface area contributed by atoms with Gasteiger partial charge in [0.15, 0.2) is 0 Å². The van der Waals surface area contributed by atoms with Crippen LogP contribution in [-0.2, 0) is 6.42 Å². The Morgan fingerprint density at radius 2 is 2.05 bits per heavy atom. The van der Waals surface area contributed by atoms with Crippen LogP contribution in [0.25, 0.3) is 5.57 Å². The van der Waals surface area contributed by atoms with Crippen molar-refractivity contribution in [2.24, 2.45) is 9.98 Å². The average Bonchev–Trinajstić information content (AvgIpc) is 2.52. The second kappa shape index (κ2) is 8.88. The van der Waals surface area contributed by atoms with Crippen LogP contribution in [0.1, 0.15) is 44.6 Å². The van der Waals surface area contributed by atoms with Gasteiger partial charge in [0.1, 0.15) is 5.84 Å². The van der Waals surface area contributed by atoms with Crippen molar-refractivity contribution in [3.05, 3.63) is 59.6 Å². The van der Waals surface area contributed by atoms with Crippen molar-refractivity contribution in [1.29, 1.82) is 0 Å². The molecule has 0 aliphatic carbocycles. The first kappa shape index (κ1) is 17.8. The molecule has 0 saturated heterocycles. The van der Waals surface area contributed by atoms with Crippen LogP contribution >= 0.6 is 0 Å². The third-order valence-electron chi connectivity index (χ3n) is 3.29. The van der Waals surface area contributed by atoms with E-state index < -0.39 is 0 Å². The Morgan fingerprint density at radius 1 is 1.32 bits per heavy atom. The van der Waals surface area contributed by atoms with Crippen LogP contribution in [0.15, 0.2) is 52.6 Å². The number of hydrogen-bond donors (Lipinski definition) is 0. The van der Waals surface area contributed by atoms with Gasteiger partial charge in [-0.2, -0.15) is 0 Å². The molecule has 3 heteroatoms. The molecule has 0 amide bonds. The normalized spacial score (nSPS) is 13.3. The number of aryl methyl sites for hydroxylation is 2. The molecule has 3 nitrogen and oxygen atoms in total. The first-order valence-electron chi connectivity index (χ1n) is 7.55. The molecule has 0 aliphatic rings. The highest BCUT2D eigenvalue weighted by Crippen LogP contribution is 2.22. The molecule has 0 spiro atoms. The topological polar surface area (TPSA) is 37.6 Å². The van der Waals surface area contributed by atoms with Crippen LogP contribution in [0.5, 0.6) is 0 Å². The minimum absolute atomic E-state index is 0.710. The van der Waals surface area contributed by atoms with E-state index in [1.165, 1.54) is 0 Å². The molecule has 0 radical (unpaired) electrons. The molecule has 0 atom stereocenters. The van der Waals surface area contributed by atoms with Gasteiger partial charge in [-0.3, -0.25) is 4.98 Å². The molecule has 116 valence electrons. The molecule has 1 aromatic rings. The van der Waals surface area contributed by atoms with Gasteiger partial charge >= 0.3 is 0 Å². The predicted octanol–water partition coefficient (Wildman–Crippen LogP) is 4.93. The van der Waals surface area contributed by atoms with Gasteiger partial charge in [0.2, 0.25) is 0 Å². The summed E-state index contributed by atoms with van der Waals surface area (Å²) in [6.45, 7) is 14.1. The third kappa shape index (κ3) is 4.92. The molecule has 1 rings (SSSR count). The van der Waals surface area contributed by atoms with Crippen LogP contribution < -0.4 is 0 Å². The first-order valence-corrected chi connectivity index (χ1v) is 7.55. The maximum atomic E-state index is 4.60. The van der Waals surface area contributed by atoms with E-state index >= 15 is 0 Å². The Balaban J connectivity index is 3.01. The molecule has 0 aromatic carbocycles. The van der Waals surface area contributed by atoms with Crippen molar-refractivity contribution >= 4 is 17.6 Å². The number of nitrogens with zero attached hydrogens (tertiary/aromatic N) is 3. The summed E-state index contributed by atoms with van der Waals surface area (Å²) in [6, 6.07) is 4.14. The van der Waals surface area contributed by atoms with E-state index in [2.05, 4.69) is 40.6 Å². The fraction of sp³-hybridized carbons (Fsp3) is 0.316. The SMILES string of the molecule is C=C(/C(C=NC(C)=N/C=C\C)=C/C)c1ccc(CC)nc1C. The summed E-state index contributed by atoms with van der Waals surface area (Å²) >= 11 is 0. The summed E-state index contributed by atoms with van der Waals surface area (Å²) in [5.74, 6) is 0.710. The average molecular weight is 295 g/mol. The molecule has 0 N–H and O–H groups in total. The lowest BCUT2D eigenvalue weighted by atomic mass is 9.98. The fourth-order valence-electron chi connectivity index (χ4n) is 1.99. The van der Waals surface area contributed by atoms with Gasteiger partial charge in [0, 0.05) is 29.4 Å². The number of hydrogen-bond acceptors (Lipinski definition) is 2. The van der Waals surface area contributed by atoms with E-state index in [0.29, 0.717) is 5.84 Å². The lowest BCUT2D eigenvalue weighted by Crippen LogP contribution is -1.99. The van der Waals surface area contributed by atoms with Crippen molar-refractivity contribution < 1.29 is 0 Å². The zero-order valence-corrected chi connectivity index (χ0v) is 14.2. The standard InChI is InChI=1S/C19H25N3/c1-7-12-20-16(6)21-13-17(8-2)14(4)19-11-10-18(9-3)22-15(19)5/h7-8,10-13H,4,9H2,1-3,5-6H3/b12-7-,17-8+,20-16?,21-13?. The first-order chi connectivity index (χ1) is 10.5. The van der Waals surface area contributed by atoms with Gasteiger partial charge in [-0.05, 0) is 51.3 Å². The maximum absolute atomic E-state index is 4.60. The molecule has 0 unspecified atom stereocenters. The zero-order valence-electron chi connectivity index (χ0n) is 14.2. The highest BCUT2D eigenvalue weighted by atomic mass is 14.9. The Morgan fingerprint density at radius 3 is 2.59 bits per heavy atom. The van der Waals surface area contributed by atoms with Crippen LogP contribution in [0.3, 0.4) is 0 Å². The molecule has 1 aromatic heterocycles. The Bertz CT molecular complexity index is 647. The third-order valence-corrected chi connectivity index (χ3v) is 3.29. The summed E-state index contributed by atoms with van der Waals surface area (Å²) in [7, 11) is 0. The highest BCUT2D eigenvalue weighted by Gasteiger charge is 2.08. The second-order valence-corrected chi connectivity index (χ2v) is 4.93. The summed E-state index contributed by atoms with van der Waals surface area (Å²) < 4.78 is 0. The van der Waals surface area contributed by atoms with E-state index in [0.717, 1.165) is 34.5 Å². The molecular weight excluding hydrogens is 270 g/mol.